The molecule has 1 aliphatic heterocycles. The highest BCUT2D eigenvalue weighted by Gasteiger charge is 2.48. The fraction of sp³-hybridized carbons (Fsp3) is 0.316. The minimum absolute atomic E-state index is 0.0707. The summed E-state index contributed by atoms with van der Waals surface area (Å²) in [5, 5.41) is 2.98. The molecule has 1 amide bonds. The molecular formula is C19H20N2O. The van der Waals surface area contributed by atoms with Crippen LogP contribution in [-0.4, -0.2) is 23.9 Å². The Morgan fingerprint density at radius 1 is 1.05 bits per heavy atom. The van der Waals surface area contributed by atoms with Gasteiger partial charge >= 0.3 is 0 Å². The van der Waals surface area contributed by atoms with Crippen molar-refractivity contribution in [2.75, 3.05) is 18.4 Å². The minimum Gasteiger partial charge on any atom is -0.325 e. The summed E-state index contributed by atoms with van der Waals surface area (Å²) in [5.41, 5.74) is 4.08. The van der Waals surface area contributed by atoms with Crippen molar-refractivity contribution in [1.82, 2.24) is 4.90 Å². The van der Waals surface area contributed by atoms with Crippen LogP contribution in [0.25, 0.3) is 0 Å². The zero-order valence-corrected chi connectivity index (χ0v) is 12.6. The molecule has 1 N–H and O–H groups in total. The van der Waals surface area contributed by atoms with E-state index >= 15 is 0 Å². The van der Waals surface area contributed by atoms with Crippen LogP contribution in [0.1, 0.15) is 24.0 Å². The van der Waals surface area contributed by atoms with Crippen LogP contribution in [0, 0.1) is 0 Å². The summed E-state index contributed by atoms with van der Waals surface area (Å²) in [6.07, 6.45) is 2.50. The largest absolute Gasteiger partial charge is 0.325 e. The maximum Gasteiger partial charge on any atom is 0.238 e. The fourth-order valence-corrected chi connectivity index (χ4v) is 3.60. The van der Waals surface area contributed by atoms with E-state index in [4.69, 9.17) is 0 Å². The lowest BCUT2D eigenvalue weighted by atomic mass is 9.87. The smallest absolute Gasteiger partial charge is 0.238 e. The molecule has 3 nitrogen and oxygen atoms in total. The monoisotopic (exact) mass is 292 g/mol. The first-order valence-corrected chi connectivity index (χ1v) is 7.91. The second-order valence-electron chi connectivity index (χ2n) is 6.50. The average molecular weight is 292 g/mol. The number of hydrogen-bond acceptors (Lipinski definition) is 2. The second kappa shape index (κ2) is 5.25. The third-order valence-corrected chi connectivity index (χ3v) is 4.79. The predicted molar refractivity (Wildman–Crippen MR) is 87.7 cm³/mol. The van der Waals surface area contributed by atoms with Crippen LogP contribution in [-0.2, 0) is 16.8 Å². The number of amides is 1. The van der Waals surface area contributed by atoms with Crippen molar-refractivity contribution in [2.45, 2.75) is 24.8 Å². The van der Waals surface area contributed by atoms with E-state index < -0.39 is 0 Å². The van der Waals surface area contributed by atoms with Crippen LogP contribution in [0.2, 0.25) is 0 Å². The van der Waals surface area contributed by atoms with Crippen LogP contribution in [0.3, 0.4) is 0 Å². The minimum atomic E-state index is 0.0707. The van der Waals surface area contributed by atoms with Gasteiger partial charge in [0.2, 0.25) is 5.91 Å². The third kappa shape index (κ3) is 2.53. The molecule has 1 saturated carbocycles. The maximum absolute atomic E-state index is 12.3. The zero-order valence-electron chi connectivity index (χ0n) is 12.6. The SMILES string of the molecule is O=C(CN1Cc2ccccc2C2(CC2)C1)Nc1ccccc1. The van der Waals surface area contributed by atoms with Gasteiger partial charge in [-0.15, -0.1) is 0 Å². The van der Waals surface area contributed by atoms with E-state index in [0.717, 1.165) is 18.8 Å². The number of fused-ring (bicyclic) bond motifs is 2. The lowest BCUT2D eigenvalue weighted by molar-refractivity contribution is -0.117. The molecule has 2 aromatic carbocycles. The molecule has 1 fully saturated rings. The summed E-state index contributed by atoms with van der Waals surface area (Å²) >= 11 is 0. The number of rotatable bonds is 3. The highest BCUT2D eigenvalue weighted by molar-refractivity contribution is 5.92. The van der Waals surface area contributed by atoms with Crippen molar-refractivity contribution in [3.63, 3.8) is 0 Å². The Morgan fingerprint density at radius 2 is 1.77 bits per heavy atom. The summed E-state index contributed by atoms with van der Waals surface area (Å²) < 4.78 is 0. The van der Waals surface area contributed by atoms with E-state index in [9.17, 15) is 4.79 Å². The van der Waals surface area contributed by atoms with E-state index in [-0.39, 0.29) is 5.91 Å². The molecule has 1 heterocycles. The van der Waals surface area contributed by atoms with Crippen molar-refractivity contribution in [1.29, 1.82) is 0 Å². The van der Waals surface area contributed by atoms with Gasteiger partial charge in [0.1, 0.15) is 0 Å². The van der Waals surface area contributed by atoms with E-state index in [1.165, 1.54) is 24.0 Å². The third-order valence-electron chi connectivity index (χ3n) is 4.79. The molecule has 0 atom stereocenters. The number of benzene rings is 2. The summed E-state index contributed by atoms with van der Waals surface area (Å²) in [6, 6.07) is 18.4. The van der Waals surface area contributed by atoms with Crippen LogP contribution in [0.5, 0.6) is 0 Å². The molecule has 0 saturated heterocycles. The molecule has 2 aromatic rings. The Hall–Kier alpha value is -2.13. The van der Waals surface area contributed by atoms with Crippen molar-refractivity contribution >= 4 is 11.6 Å². The van der Waals surface area contributed by atoms with E-state index in [0.29, 0.717) is 12.0 Å². The molecule has 0 aromatic heterocycles. The summed E-state index contributed by atoms with van der Waals surface area (Å²) in [5.74, 6) is 0.0707. The molecule has 0 bridgehead atoms. The number of anilines is 1. The van der Waals surface area contributed by atoms with Crippen LogP contribution < -0.4 is 5.32 Å². The van der Waals surface area contributed by atoms with Crippen LogP contribution in [0.4, 0.5) is 5.69 Å². The average Bonchev–Trinajstić information content (AvgIpc) is 3.28. The van der Waals surface area contributed by atoms with Crippen molar-refractivity contribution in [3.05, 3.63) is 65.7 Å². The maximum atomic E-state index is 12.3. The molecule has 112 valence electrons. The zero-order chi connectivity index (χ0) is 15.0. The highest BCUT2D eigenvalue weighted by atomic mass is 16.2. The normalized spacial score (nSPS) is 18.7. The Labute approximate surface area is 131 Å². The Bertz CT molecular complexity index is 692. The molecule has 0 radical (unpaired) electrons. The Kier molecular flexibility index (Phi) is 3.23. The first-order valence-electron chi connectivity index (χ1n) is 7.91. The first kappa shape index (κ1) is 13.5. The van der Waals surface area contributed by atoms with Crippen molar-refractivity contribution < 1.29 is 4.79 Å². The lowest BCUT2D eigenvalue weighted by Gasteiger charge is -2.34. The van der Waals surface area contributed by atoms with Gasteiger partial charge < -0.3 is 5.32 Å². The number of para-hydroxylation sites is 1. The molecular weight excluding hydrogens is 272 g/mol. The molecule has 0 unspecified atom stereocenters. The predicted octanol–water partition coefficient (Wildman–Crippen LogP) is 3.17. The van der Waals surface area contributed by atoms with Crippen LogP contribution >= 0.6 is 0 Å². The lowest BCUT2D eigenvalue weighted by Crippen LogP contribution is -2.42. The van der Waals surface area contributed by atoms with E-state index in [1.807, 2.05) is 30.3 Å². The number of carbonyl (C=O) groups excluding carboxylic acids is 1. The number of hydrogen-bond donors (Lipinski definition) is 1. The molecule has 4 rings (SSSR count). The van der Waals surface area contributed by atoms with Crippen molar-refractivity contribution in [2.24, 2.45) is 0 Å². The number of nitrogens with zero attached hydrogens (tertiary/aromatic N) is 1. The standard InChI is InChI=1S/C19H20N2O/c22-18(20-16-7-2-1-3-8-16)13-21-12-15-6-4-5-9-17(15)19(14-21)10-11-19/h1-9H,10-14H2,(H,20,22). The number of nitrogens with one attached hydrogen (secondary N) is 1. The van der Waals surface area contributed by atoms with Gasteiger partial charge in [-0.1, -0.05) is 42.5 Å². The second-order valence-corrected chi connectivity index (χ2v) is 6.50. The highest BCUT2D eigenvalue weighted by Crippen LogP contribution is 2.52. The molecule has 3 heteroatoms. The summed E-state index contributed by atoms with van der Waals surface area (Å²) in [4.78, 5) is 14.6. The van der Waals surface area contributed by atoms with Gasteiger partial charge in [-0.05, 0) is 36.1 Å². The van der Waals surface area contributed by atoms with Crippen molar-refractivity contribution in [3.8, 4) is 0 Å². The van der Waals surface area contributed by atoms with E-state index in [1.54, 1.807) is 0 Å². The summed E-state index contributed by atoms with van der Waals surface area (Å²) in [7, 11) is 0. The van der Waals surface area contributed by atoms with Gasteiger partial charge in [-0.25, -0.2) is 0 Å². The molecule has 2 aliphatic rings. The molecule has 1 spiro atoms. The van der Waals surface area contributed by atoms with Gasteiger partial charge in [0.25, 0.3) is 0 Å². The summed E-state index contributed by atoms with van der Waals surface area (Å²) in [6.45, 7) is 2.34. The molecule has 22 heavy (non-hydrogen) atoms. The van der Waals surface area contributed by atoms with E-state index in [2.05, 4.69) is 34.5 Å². The quantitative estimate of drug-likeness (QED) is 0.942. The van der Waals surface area contributed by atoms with Gasteiger partial charge in [0.05, 0.1) is 6.54 Å². The Morgan fingerprint density at radius 3 is 2.55 bits per heavy atom. The van der Waals surface area contributed by atoms with Gasteiger partial charge in [0.15, 0.2) is 0 Å². The Balaban J connectivity index is 1.46. The van der Waals surface area contributed by atoms with Gasteiger partial charge in [0, 0.05) is 24.2 Å². The van der Waals surface area contributed by atoms with Gasteiger partial charge in [-0.3, -0.25) is 9.69 Å². The number of carbonyl (C=O) groups is 1. The fourth-order valence-electron chi connectivity index (χ4n) is 3.60. The molecule has 1 aliphatic carbocycles. The first-order chi connectivity index (χ1) is 10.8. The van der Waals surface area contributed by atoms with Gasteiger partial charge in [-0.2, -0.15) is 0 Å². The van der Waals surface area contributed by atoms with Crippen LogP contribution in [0.15, 0.2) is 54.6 Å². The topological polar surface area (TPSA) is 32.3 Å².